The number of hydrogen-bond acceptors (Lipinski definition) is 3. The van der Waals surface area contributed by atoms with Crippen molar-refractivity contribution in [3.05, 3.63) is 52.5 Å². The average Bonchev–Trinajstić information content (AvgIpc) is 2.80. The molecule has 2 heterocycles. The quantitative estimate of drug-likeness (QED) is 0.857. The van der Waals surface area contributed by atoms with Crippen LogP contribution in [-0.4, -0.2) is 4.98 Å². The van der Waals surface area contributed by atoms with E-state index in [1.54, 1.807) is 23.7 Å². The smallest absolute Gasteiger partial charge is 0.0299 e. The van der Waals surface area contributed by atoms with Crippen LogP contribution in [0.3, 0.4) is 0 Å². The first-order valence-corrected chi connectivity index (χ1v) is 5.97. The summed E-state index contributed by atoms with van der Waals surface area (Å²) in [6, 6.07) is 6.24. The van der Waals surface area contributed by atoms with Gasteiger partial charge in [0.25, 0.3) is 0 Å². The molecule has 0 aliphatic rings. The van der Waals surface area contributed by atoms with Crippen LogP contribution in [0, 0.1) is 0 Å². The molecule has 2 aromatic heterocycles. The summed E-state index contributed by atoms with van der Waals surface area (Å²) in [4.78, 5) is 3.98. The van der Waals surface area contributed by atoms with Crippen LogP contribution in [0.1, 0.15) is 23.6 Å². The van der Waals surface area contributed by atoms with Gasteiger partial charge in [-0.2, -0.15) is 11.3 Å². The molecular formula is C12H14N2S. The molecule has 0 saturated heterocycles. The summed E-state index contributed by atoms with van der Waals surface area (Å²) in [6.07, 6.45) is 5.62. The highest BCUT2D eigenvalue weighted by Gasteiger charge is 2.05. The van der Waals surface area contributed by atoms with Gasteiger partial charge in [0.05, 0.1) is 0 Å². The topological polar surface area (TPSA) is 38.9 Å². The average molecular weight is 218 g/mol. The lowest BCUT2D eigenvalue weighted by Gasteiger charge is -2.10. The molecule has 2 aromatic rings. The number of hydrogen-bond donors (Lipinski definition) is 1. The van der Waals surface area contributed by atoms with Crippen molar-refractivity contribution in [3.63, 3.8) is 0 Å². The molecule has 15 heavy (non-hydrogen) atoms. The Bertz CT molecular complexity index is 383. The normalized spacial score (nSPS) is 12.6. The maximum atomic E-state index is 6.09. The Morgan fingerprint density at radius 1 is 1.27 bits per heavy atom. The fourth-order valence-electron chi connectivity index (χ4n) is 1.53. The molecule has 0 aliphatic carbocycles. The van der Waals surface area contributed by atoms with Crippen molar-refractivity contribution < 1.29 is 0 Å². The second-order valence-electron chi connectivity index (χ2n) is 3.56. The van der Waals surface area contributed by atoms with E-state index < -0.39 is 0 Å². The van der Waals surface area contributed by atoms with Gasteiger partial charge in [0.1, 0.15) is 0 Å². The van der Waals surface area contributed by atoms with Crippen LogP contribution in [0.4, 0.5) is 0 Å². The zero-order valence-corrected chi connectivity index (χ0v) is 9.28. The second-order valence-corrected chi connectivity index (χ2v) is 4.34. The van der Waals surface area contributed by atoms with Crippen LogP contribution in [0.25, 0.3) is 0 Å². The Morgan fingerprint density at radius 3 is 2.73 bits per heavy atom. The van der Waals surface area contributed by atoms with E-state index in [1.165, 1.54) is 11.1 Å². The van der Waals surface area contributed by atoms with Crippen molar-refractivity contribution in [3.8, 4) is 0 Å². The van der Waals surface area contributed by atoms with Gasteiger partial charge in [-0.3, -0.25) is 4.98 Å². The summed E-state index contributed by atoms with van der Waals surface area (Å²) in [5.74, 6) is 0. The standard InChI is InChI=1S/C12H14N2S/c13-12(11-3-6-14-7-4-11)2-1-10-5-8-15-9-10/h3-9,12H,1-2,13H2. The summed E-state index contributed by atoms with van der Waals surface area (Å²) in [5.41, 5.74) is 8.63. The molecule has 2 rings (SSSR count). The largest absolute Gasteiger partial charge is 0.324 e. The third-order valence-electron chi connectivity index (χ3n) is 2.46. The van der Waals surface area contributed by atoms with Crippen LogP contribution in [0.5, 0.6) is 0 Å². The third-order valence-corrected chi connectivity index (χ3v) is 3.19. The maximum Gasteiger partial charge on any atom is 0.0299 e. The van der Waals surface area contributed by atoms with Crippen molar-refractivity contribution in [1.29, 1.82) is 0 Å². The minimum Gasteiger partial charge on any atom is -0.324 e. The number of nitrogens with two attached hydrogens (primary N) is 1. The lowest BCUT2D eigenvalue weighted by Crippen LogP contribution is -2.11. The van der Waals surface area contributed by atoms with Gasteiger partial charge in [-0.05, 0) is 52.9 Å². The van der Waals surface area contributed by atoms with Gasteiger partial charge in [-0.15, -0.1) is 0 Å². The van der Waals surface area contributed by atoms with E-state index in [9.17, 15) is 0 Å². The van der Waals surface area contributed by atoms with Crippen molar-refractivity contribution in [2.45, 2.75) is 18.9 Å². The molecule has 1 atom stereocenters. The monoisotopic (exact) mass is 218 g/mol. The lowest BCUT2D eigenvalue weighted by molar-refractivity contribution is 0.651. The minimum absolute atomic E-state index is 0.118. The van der Waals surface area contributed by atoms with E-state index in [0.29, 0.717) is 0 Å². The van der Waals surface area contributed by atoms with Gasteiger partial charge >= 0.3 is 0 Å². The number of thiophene rings is 1. The zero-order valence-electron chi connectivity index (χ0n) is 8.47. The molecule has 3 heteroatoms. The number of aromatic nitrogens is 1. The highest BCUT2D eigenvalue weighted by molar-refractivity contribution is 7.07. The molecule has 2 nitrogen and oxygen atoms in total. The number of pyridine rings is 1. The molecule has 2 N–H and O–H groups in total. The van der Waals surface area contributed by atoms with Gasteiger partial charge in [0.15, 0.2) is 0 Å². The molecule has 1 unspecified atom stereocenters. The van der Waals surface area contributed by atoms with Gasteiger partial charge in [-0.25, -0.2) is 0 Å². The van der Waals surface area contributed by atoms with Crippen LogP contribution in [-0.2, 0) is 6.42 Å². The second kappa shape index (κ2) is 5.05. The van der Waals surface area contributed by atoms with Gasteiger partial charge in [-0.1, -0.05) is 0 Å². The lowest BCUT2D eigenvalue weighted by atomic mass is 10.0. The zero-order chi connectivity index (χ0) is 10.5. The molecule has 0 spiro atoms. The van der Waals surface area contributed by atoms with Crippen LogP contribution >= 0.6 is 11.3 Å². The van der Waals surface area contributed by atoms with Crippen LogP contribution in [0.15, 0.2) is 41.4 Å². The van der Waals surface area contributed by atoms with E-state index >= 15 is 0 Å². The summed E-state index contributed by atoms with van der Waals surface area (Å²) in [6.45, 7) is 0. The minimum atomic E-state index is 0.118. The molecule has 0 bridgehead atoms. The highest BCUT2D eigenvalue weighted by Crippen LogP contribution is 2.17. The van der Waals surface area contributed by atoms with Crippen LogP contribution in [0.2, 0.25) is 0 Å². The number of aryl methyl sites for hydroxylation is 1. The summed E-state index contributed by atoms with van der Waals surface area (Å²) in [7, 11) is 0. The Morgan fingerprint density at radius 2 is 2.07 bits per heavy atom. The molecule has 0 fully saturated rings. The Labute approximate surface area is 93.8 Å². The fraction of sp³-hybridized carbons (Fsp3) is 0.250. The van der Waals surface area contributed by atoms with Crippen molar-refractivity contribution in [2.24, 2.45) is 5.73 Å². The van der Waals surface area contributed by atoms with Gasteiger partial charge in [0, 0.05) is 18.4 Å². The molecule has 0 saturated carbocycles. The first-order chi connectivity index (χ1) is 7.36. The molecule has 78 valence electrons. The van der Waals surface area contributed by atoms with Gasteiger partial charge in [0.2, 0.25) is 0 Å². The Kier molecular flexibility index (Phi) is 3.48. The number of rotatable bonds is 4. The third kappa shape index (κ3) is 2.88. The van der Waals surface area contributed by atoms with Crippen molar-refractivity contribution in [1.82, 2.24) is 4.98 Å². The van der Waals surface area contributed by atoms with Crippen molar-refractivity contribution in [2.75, 3.05) is 0 Å². The SMILES string of the molecule is NC(CCc1ccsc1)c1ccncc1. The maximum absolute atomic E-state index is 6.09. The van der Waals surface area contributed by atoms with Crippen LogP contribution < -0.4 is 5.73 Å². The van der Waals surface area contributed by atoms with E-state index in [4.69, 9.17) is 5.73 Å². The summed E-state index contributed by atoms with van der Waals surface area (Å²) in [5, 5.41) is 4.28. The van der Waals surface area contributed by atoms with Gasteiger partial charge < -0.3 is 5.73 Å². The summed E-state index contributed by atoms with van der Waals surface area (Å²) >= 11 is 1.74. The molecular weight excluding hydrogens is 204 g/mol. The Balaban J connectivity index is 1.90. The van der Waals surface area contributed by atoms with E-state index in [1.807, 2.05) is 12.1 Å². The first kappa shape index (κ1) is 10.3. The predicted octanol–water partition coefficient (Wildman–Crippen LogP) is 2.78. The predicted molar refractivity (Wildman–Crippen MR) is 63.8 cm³/mol. The van der Waals surface area contributed by atoms with E-state index in [2.05, 4.69) is 21.8 Å². The molecule has 0 aromatic carbocycles. The number of nitrogens with zero attached hydrogens (tertiary/aromatic N) is 1. The highest BCUT2D eigenvalue weighted by atomic mass is 32.1. The van der Waals surface area contributed by atoms with Crippen molar-refractivity contribution >= 4 is 11.3 Å². The van der Waals surface area contributed by atoms with E-state index in [-0.39, 0.29) is 6.04 Å². The Hall–Kier alpha value is -1.19. The molecule has 0 aliphatic heterocycles. The first-order valence-electron chi connectivity index (χ1n) is 5.03. The van der Waals surface area contributed by atoms with E-state index in [0.717, 1.165) is 12.8 Å². The summed E-state index contributed by atoms with van der Waals surface area (Å²) < 4.78 is 0. The molecule has 0 radical (unpaired) electrons. The fourth-order valence-corrected chi connectivity index (χ4v) is 2.24. The molecule has 0 amide bonds.